The predicted octanol–water partition coefficient (Wildman–Crippen LogP) is 4.14. The van der Waals surface area contributed by atoms with Gasteiger partial charge in [0.25, 0.3) is 5.91 Å². The van der Waals surface area contributed by atoms with Gasteiger partial charge in [0, 0.05) is 24.2 Å². The van der Waals surface area contributed by atoms with Crippen LogP contribution in [0.15, 0.2) is 66.9 Å². The number of carbonyl (C=O) groups excluding carboxylic acids is 1. The number of fused-ring (bicyclic) bond motifs is 1. The van der Waals surface area contributed by atoms with Crippen LogP contribution in [0.2, 0.25) is 0 Å². The predicted molar refractivity (Wildman–Crippen MR) is 108 cm³/mol. The molecule has 0 unspecified atom stereocenters. The molecule has 0 fully saturated rings. The van der Waals surface area contributed by atoms with Gasteiger partial charge < -0.3 is 9.88 Å². The number of benzene rings is 2. The third-order valence-corrected chi connectivity index (χ3v) is 5.05. The summed E-state index contributed by atoms with van der Waals surface area (Å²) in [4.78, 5) is 17.0. The zero-order valence-electron chi connectivity index (χ0n) is 15.2. The van der Waals surface area contributed by atoms with Crippen LogP contribution in [0, 0.1) is 0 Å². The smallest absolute Gasteiger partial charge is 0.273 e. The Balaban J connectivity index is 1.31. The highest BCUT2D eigenvalue weighted by Crippen LogP contribution is 2.26. The van der Waals surface area contributed by atoms with Crippen LogP contribution in [-0.4, -0.2) is 25.7 Å². The van der Waals surface area contributed by atoms with E-state index in [9.17, 15) is 4.79 Å². The first-order valence-corrected chi connectivity index (χ1v) is 9.35. The minimum absolute atomic E-state index is 0.215. The van der Waals surface area contributed by atoms with Gasteiger partial charge in [-0.2, -0.15) is 5.10 Å². The minimum atomic E-state index is -0.215. The fourth-order valence-corrected chi connectivity index (χ4v) is 3.61. The number of carbonyl (C=O) groups is 1. The Morgan fingerprint density at radius 3 is 2.68 bits per heavy atom. The Bertz CT molecular complexity index is 1130. The quantitative estimate of drug-likeness (QED) is 0.568. The lowest BCUT2D eigenvalue weighted by Crippen LogP contribution is -2.12. The van der Waals surface area contributed by atoms with Crippen molar-refractivity contribution in [1.29, 1.82) is 0 Å². The molecule has 2 N–H and O–H groups in total. The number of hydrogen-bond donors (Lipinski definition) is 2. The molecule has 6 nitrogen and oxygen atoms in total. The van der Waals surface area contributed by atoms with Crippen molar-refractivity contribution < 1.29 is 4.79 Å². The van der Waals surface area contributed by atoms with E-state index >= 15 is 0 Å². The number of rotatable bonds is 4. The van der Waals surface area contributed by atoms with Crippen LogP contribution in [0.5, 0.6) is 0 Å². The van der Waals surface area contributed by atoms with E-state index in [0.29, 0.717) is 5.69 Å². The number of aromatic nitrogens is 4. The van der Waals surface area contributed by atoms with Gasteiger partial charge >= 0.3 is 0 Å². The van der Waals surface area contributed by atoms with Crippen molar-refractivity contribution in [3.05, 3.63) is 78.4 Å². The van der Waals surface area contributed by atoms with Crippen molar-refractivity contribution in [1.82, 2.24) is 19.7 Å². The number of nitrogens with zero attached hydrogens (tertiary/aromatic N) is 3. The molecule has 1 aliphatic heterocycles. The van der Waals surface area contributed by atoms with Crippen molar-refractivity contribution in [3.63, 3.8) is 0 Å². The van der Waals surface area contributed by atoms with Gasteiger partial charge in [-0.25, -0.2) is 4.98 Å². The summed E-state index contributed by atoms with van der Waals surface area (Å²) in [7, 11) is 0. The van der Waals surface area contributed by atoms with Crippen molar-refractivity contribution >= 4 is 11.6 Å². The van der Waals surface area contributed by atoms with Crippen molar-refractivity contribution in [2.24, 2.45) is 0 Å². The van der Waals surface area contributed by atoms with Crippen LogP contribution in [0.3, 0.4) is 0 Å². The van der Waals surface area contributed by atoms with Crippen molar-refractivity contribution in [2.45, 2.75) is 19.4 Å². The molecule has 0 saturated heterocycles. The first-order chi connectivity index (χ1) is 13.8. The molecule has 2 aromatic heterocycles. The van der Waals surface area contributed by atoms with Crippen LogP contribution in [0.4, 0.5) is 5.69 Å². The maximum Gasteiger partial charge on any atom is 0.273 e. The zero-order chi connectivity index (χ0) is 18.9. The Morgan fingerprint density at radius 2 is 1.86 bits per heavy atom. The Hall–Kier alpha value is -3.67. The summed E-state index contributed by atoms with van der Waals surface area (Å²) in [5, 5.41) is 9.96. The summed E-state index contributed by atoms with van der Waals surface area (Å²) in [5.41, 5.74) is 5.12. The third-order valence-electron chi connectivity index (χ3n) is 5.05. The van der Waals surface area contributed by atoms with Crippen LogP contribution >= 0.6 is 0 Å². The van der Waals surface area contributed by atoms with E-state index < -0.39 is 0 Å². The monoisotopic (exact) mass is 369 g/mol. The SMILES string of the molecule is O=C(Nc1ccc(-c2cnc3n2CCC3)cc1)c1cc(-c2ccccc2)n[nH]1. The van der Waals surface area contributed by atoms with Crippen LogP contribution in [0.25, 0.3) is 22.5 Å². The Labute approximate surface area is 162 Å². The number of aromatic amines is 1. The lowest BCUT2D eigenvalue weighted by Gasteiger charge is -2.07. The van der Waals surface area contributed by atoms with Gasteiger partial charge in [-0.05, 0) is 30.2 Å². The van der Waals surface area contributed by atoms with E-state index in [4.69, 9.17) is 0 Å². The largest absolute Gasteiger partial charge is 0.328 e. The van der Waals surface area contributed by atoms with Gasteiger partial charge in [-0.15, -0.1) is 0 Å². The van der Waals surface area contributed by atoms with Gasteiger partial charge in [-0.3, -0.25) is 9.89 Å². The van der Waals surface area contributed by atoms with E-state index in [-0.39, 0.29) is 5.91 Å². The molecule has 28 heavy (non-hydrogen) atoms. The fraction of sp³-hybridized carbons (Fsp3) is 0.136. The standard InChI is InChI=1S/C22H19N5O/c28-22(19-13-18(25-26-19)15-5-2-1-3-6-15)24-17-10-8-16(9-11-17)20-14-23-21-7-4-12-27(20)21/h1-3,5-6,8-11,13-14H,4,7,12H2,(H,24,28)(H,25,26). The normalized spacial score (nSPS) is 12.7. The molecule has 1 amide bonds. The summed E-state index contributed by atoms with van der Waals surface area (Å²) in [6.07, 6.45) is 4.13. The molecule has 0 saturated carbocycles. The summed E-state index contributed by atoms with van der Waals surface area (Å²) >= 11 is 0. The molecule has 2 aromatic carbocycles. The number of imidazole rings is 1. The second kappa shape index (κ2) is 6.81. The number of amides is 1. The minimum Gasteiger partial charge on any atom is -0.328 e. The van der Waals surface area contributed by atoms with Crippen LogP contribution in [-0.2, 0) is 13.0 Å². The topological polar surface area (TPSA) is 75.6 Å². The first-order valence-electron chi connectivity index (χ1n) is 9.35. The fourth-order valence-electron chi connectivity index (χ4n) is 3.61. The third kappa shape index (κ3) is 2.99. The van der Waals surface area contributed by atoms with E-state index in [2.05, 4.69) is 25.1 Å². The van der Waals surface area contributed by atoms with Gasteiger partial charge in [0.05, 0.1) is 17.6 Å². The summed E-state index contributed by atoms with van der Waals surface area (Å²) in [6, 6.07) is 19.4. The number of anilines is 1. The molecule has 6 heteroatoms. The zero-order valence-corrected chi connectivity index (χ0v) is 15.2. The van der Waals surface area contributed by atoms with Gasteiger partial charge in [0.2, 0.25) is 0 Å². The molecule has 138 valence electrons. The van der Waals surface area contributed by atoms with Crippen LogP contribution in [0.1, 0.15) is 22.7 Å². The number of aryl methyl sites for hydroxylation is 1. The molecule has 1 aliphatic rings. The van der Waals surface area contributed by atoms with Gasteiger partial charge in [-0.1, -0.05) is 42.5 Å². The summed E-state index contributed by atoms with van der Waals surface area (Å²) in [5.74, 6) is 0.938. The molecule has 0 radical (unpaired) electrons. The number of nitrogens with one attached hydrogen (secondary N) is 2. The highest BCUT2D eigenvalue weighted by molar-refractivity contribution is 6.03. The van der Waals surface area contributed by atoms with E-state index in [1.54, 1.807) is 6.07 Å². The lowest BCUT2D eigenvalue weighted by atomic mass is 10.1. The van der Waals surface area contributed by atoms with Gasteiger partial charge in [0.1, 0.15) is 11.5 Å². The molecule has 5 rings (SSSR count). The molecular formula is C22H19N5O. The lowest BCUT2D eigenvalue weighted by molar-refractivity contribution is 0.102. The average Bonchev–Trinajstić information content (AvgIpc) is 3.46. The summed E-state index contributed by atoms with van der Waals surface area (Å²) in [6.45, 7) is 1.02. The van der Waals surface area contributed by atoms with Crippen molar-refractivity contribution in [2.75, 3.05) is 5.32 Å². The Kier molecular flexibility index (Phi) is 4.01. The molecule has 3 heterocycles. The molecule has 4 aromatic rings. The molecule has 0 bridgehead atoms. The Morgan fingerprint density at radius 1 is 1.04 bits per heavy atom. The number of hydrogen-bond acceptors (Lipinski definition) is 3. The second-order valence-corrected chi connectivity index (χ2v) is 6.88. The maximum absolute atomic E-state index is 12.5. The first kappa shape index (κ1) is 16.5. The van der Waals surface area contributed by atoms with Crippen molar-refractivity contribution in [3.8, 4) is 22.5 Å². The molecule has 0 spiro atoms. The molecule has 0 atom stereocenters. The maximum atomic E-state index is 12.5. The average molecular weight is 369 g/mol. The second-order valence-electron chi connectivity index (χ2n) is 6.88. The highest BCUT2D eigenvalue weighted by Gasteiger charge is 2.16. The number of H-pyrrole nitrogens is 1. The van der Waals surface area contributed by atoms with E-state index in [0.717, 1.165) is 53.4 Å². The van der Waals surface area contributed by atoms with Crippen LogP contribution < -0.4 is 5.32 Å². The van der Waals surface area contributed by atoms with Gasteiger partial charge in [0.15, 0.2) is 0 Å². The van der Waals surface area contributed by atoms with E-state index in [1.807, 2.05) is 60.8 Å². The highest BCUT2D eigenvalue weighted by atomic mass is 16.1. The molecule has 0 aliphatic carbocycles. The molecular weight excluding hydrogens is 350 g/mol. The summed E-state index contributed by atoms with van der Waals surface area (Å²) < 4.78 is 2.27. The van der Waals surface area contributed by atoms with E-state index in [1.165, 1.54) is 0 Å².